The van der Waals surface area contributed by atoms with E-state index in [1.807, 2.05) is 0 Å². The Kier molecular flexibility index (Phi) is 11.5. The third-order valence-electron chi connectivity index (χ3n) is 12.3. The summed E-state index contributed by atoms with van der Waals surface area (Å²) in [5, 5.41) is 7.91. The second kappa shape index (κ2) is 16.0. The van der Waals surface area contributed by atoms with Crippen molar-refractivity contribution >= 4 is 39.9 Å². The number of rotatable bonds is 6. The molecule has 6 aliphatic rings. The summed E-state index contributed by atoms with van der Waals surface area (Å²) in [6.07, 6.45) is 2.75. The molecule has 5 fully saturated rings. The van der Waals surface area contributed by atoms with Crippen LogP contribution < -0.4 is 20.7 Å². The van der Waals surface area contributed by atoms with Gasteiger partial charge in [-0.25, -0.2) is 18.0 Å². The Morgan fingerprint density at radius 1 is 0.911 bits per heavy atom. The molecule has 2 saturated heterocycles. The molecule has 14 nitrogen and oxygen atoms in total. The molecule has 18 heteroatoms. The van der Waals surface area contributed by atoms with Crippen LogP contribution in [-0.2, 0) is 48.3 Å². The Bertz CT molecular complexity index is 1820. The molecule has 308 valence electrons. The molecule has 0 aromatic heterocycles. The summed E-state index contributed by atoms with van der Waals surface area (Å²) < 4.78 is 75.2. The number of carbonyl (C=O) groups excluding carboxylic acids is 5. The zero-order chi connectivity index (χ0) is 39.8. The number of urea groups is 1. The summed E-state index contributed by atoms with van der Waals surface area (Å²) in [6.45, 7) is -0.493. The second-order valence-electron chi connectivity index (χ2n) is 16.4. The fraction of sp³-hybridized carbons (Fsp3) is 0.711. The molecule has 1 aromatic rings. The van der Waals surface area contributed by atoms with Crippen molar-refractivity contribution in [3.8, 4) is 0 Å². The lowest BCUT2D eigenvalue weighted by Gasteiger charge is -2.31. The molecule has 56 heavy (non-hydrogen) atoms. The lowest BCUT2D eigenvalue weighted by Crippen LogP contribution is -2.59. The standard InChI is InChI=1S/C38H51F3N6O8S/c39-38(40,41)29-13-8-9-23-17-18-46(22-28(23)29)36(52)55-26-19-31-32(48)44-37(34(50)45-56(53,54)27-15-16-27)20-24(37)10-4-2-1-3-5-14-30(33(49)47(31)21-26)43-35(51)42-25-11-6-7-12-25/h8-9,13,24-27,30-31H,1-7,10-12,14-22H2,(H,44,48)(H,45,50)(H2,42,43,51)/t24-,26-,30+,31+,37-/m1/s1. The number of hydrogen-bond donors (Lipinski definition) is 4. The lowest BCUT2D eigenvalue weighted by molar-refractivity contribution is -0.141. The van der Waals surface area contributed by atoms with Gasteiger partial charge in [0.15, 0.2) is 0 Å². The minimum atomic E-state index is -4.63. The molecule has 7 rings (SSSR count). The van der Waals surface area contributed by atoms with E-state index in [1.54, 1.807) is 6.07 Å². The number of carbonyl (C=O) groups is 5. The predicted molar refractivity (Wildman–Crippen MR) is 195 cm³/mol. The van der Waals surface area contributed by atoms with Crippen molar-refractivity contribution in [2.45, 2.75) is 150 Å². The number of hydrogen-bond acceptors (Lipinski definition) is 8. The van der Waals surface area contributed by atoms with Gasteiger partial charge in [-0.05, 0) is 74.5 Å². The van der Waals surface area contributed by atoms with E-state index in [0.29, 0.717) is 31.2 Å². The zero-order valence-corrected chi connectivity index (χ0v) is 32.2. The average Bonchev–Trinajstić information content (AvgIpc) is 4.02. The van der Waals surface area contributed by atoms with Gasteiger partial charge in [0.05, 0.1) is 17.4 Å². The third kappa shape index (κ3) is 8.89. The normalized spacial score (nSPS) is 29.1. The maximum atomic E-state index is 14.4. The van der Waals surface area contributed by atoms with Crippen LogP contribution in [0.15, 0.2) is 18.2 Å². The number of fused-ring (bicyclic) bond motifs is 3. The molecule has 0 radical (unpaired) electrons. The summed E-state index contributed by atoms with van der Waals surface area (Å²) in [6, 6.07) is 1.08. The van der Waals surface area contributed by atoms with Gasteiger partial charge in [0.25, 0.3) is 5.91 Å². The van der Waals surface area contributed by atoms with E-state index in [4.69, 9.17) is 4.74 Å². The molecule has 5 atom stereocenters. The van der Waals surface area contributed by atoms with Crippen molar-refractivity contribution in [2.24, 2.45) is 5.92 Å². The fourth-order valence-corrected chi connectivity index (χ4v) is 10.3. The highest BCUT2D eigenvalue weighted by molar-refractivity contribution is 7.91. The van der Waals surface area contributed by atoms with Crippen molar-refractivity contribution in [2.75, 3.05) is 13.1 Å². The van der Waals surface area contributed by atoms with Gasteiger partial charge in [0.2, 0.25) is 21.8 Å². The highest BCUT2D eigenvalue weighted by Crippen LogP contribution is 2.48. The number of nitrogens with zero attached hydrogens (tertiary/aromatic N) is 2. The van der Waals surface area contributed by atoms with Gasteiger partial charge in [-0.3, -0.25) is 19.1 Å². The van der Waals surface area contributed by atoms with E-state index in [0.717, 1.165) is 57.4 Å². The number of amides is 6. The van der Waals surface area contributed by atoms with Crippen molar-refractivity contribution in [1.82, 2.24) is 30.5 Å². The average molecular weight is 809 g/mol. The molecule has 0 unspecified atom stereocenters. The van der Waals surface area contributed by atoms with Crippen LogP contribution in [0.4, 0.5) is 22.8 Å². The molecule has 6 amide bonds. The number of sulfonamides is 1. The largest absolute Gasteiger partial charge is 0.444 e. The molecular weight excluding hydrogens is 758 g/mol. The summed E-state index contributed by atoms with van der Waals surface area (Å²) >= 11 is 0. The molecule has 1 aromatic carbocycles. The smallest absolute Gasteiger partial charge is 0.416 e. The Morgan fingerprint density at radius 3 is 2.32 bits per heavy atom. The van der Waals surface area contributed by atoms with Gasteiger partial charge in [-0.1, -0.05) is 57.1 Å². The first-order valence-electron chi connectivity index (χ1n) is 20.0. The number of halogens is 3. The van der Waals surface area contributed by atoms with E-state index < -0.39 is 80.6 Å². The number of benzene rings is 1. The monoisotopic (exact) mass is 808 g/mol. The second-order valence-corrected chi connectivity index (χ2v) is 18.4. The highest BCUT2D eigenvalue weighted by atomic mass is 32.2. The Morgan fingerprint density at radius 2 is 1.61 bits per heavy atom. The maximum absolute atomic E-state index is 14.4. The summed E-state index contributed by atoms with van der Waals surface area (Å²) in [5.41, 5.74) is -1.89. The molecule has 3 aliphatic heterocycles. The zero-order valence-electron chi connectivity index (χ0n) is 31.3. The van der Waals surface area contributed by atoms with Gasteiger partial charge in [-0.2, -0.15) is 13.2 Å². The van der Waals surface area contributed by atoms with Gasteiger partial charge in [0.1, 0.15) is 23.7 Å². The molecule has 4 N–H and O–H groups in total. The van der Waals surface area contributed by atoms with Crippen LogP contribution >= 0.6 is 0 Å². The minimum Gasteiger partial charge on any atom is -0.444 e. The van der Waals surface area contributed by atoms with Crippen LogP contribution in [0, 0.1) is 5.92 Å². The van der Waals surface area contributed by atoms with E-state index in [2.05, 4.69) is 20.7 Å². The Hall–Kier alpha value is -4.09. The summed E-state index contributed by atoms with van der Waals surface area (Å²) in [7, 11) is -3.93. The van der Waals surface area contributed by atoms with Crippen LogP contribution in [0.25, 0.3) is 0 Å². The quantitative estimate of drug-likeness (QED) is 0.333. The molecule has 3 heterocycles. The third-order valence-corrected chi connectivity index (χ3v) is 14.2. The van der Waals surface area contributed by atoms with Crippen LogP contribution in [0.5, 0.6) is 0 Å². The Balaban J connectivity index is 1.12. The topological polar surface area (TPSA) is 183 Å². The van der Waals surface area contributed by atoms with Crippen LogP contribution in [0.1, 0.15) is 113 Å². The van der Waals surface area contributed by atoms with E-state index >= 15 is 0 Å². The summed E-state index contributed by atoms with van der Waals surface area (Å²) in [4.78, 5) is 71.6. The minimum absolute atomic E-state index is 0.0204. The Labute approximate surface area is 324 Å². The van der Waals surface area contributed by atoms with E-state index in [9.17, 15) is 45.6 Å². The SMILES string of the molecule is O=C(NC1CCCC1)N[C@H]1CCCCCCC[C@@H]2C[C@@]2(C(=O)NS(=O)(=O)C2CC2)NC(=O)[C@@H]2C[C@@H](OC(=O)N3CCc4cccc(C(F)(F)F)c4C3)CN2C1=O. The maximum Gasteiger partial charge on any atom is 0.416 e. The predicted octanol–water partition coefficient (Wildman–Crippen LogP) is 4.01. The molecule has 0 bridgehead atoms. The van der Waals surface area contributed by atoms with Gasteiger partial charge >= 0.3 is 18.3 Å². The number of ether oxygens (including phenoxy) is 1. The number of nitrogens with one attached hydrogen (secondary N) is 4. The highest BCUT2D eigenvalue weighted by Gasteiger charge is 2.62. The van der Waals surface area contributed by atoms with E-state index in [1.165, 1.54) is 15.9 Å². The van der Waals surface area contributed by atoms with Crippen LogP contribution in [0.3, 0.4) is 0 Å². The van der Waals surface area contributed by atoms with Crippen molar-refractivity contribution in [1.29, 1.82) is 0 Å². The van der Waals surface area contributed by atoms with Crippen molar-refractivity contribution in [3.63, 3.8) is 0 Å². The first-order chi connectivity index (χ1) is 26.6. The fourth-order valence-electron chi connectivity index (χ4n) is 8.93. The van der Waals surface area contributed by atoms with Gasteiger partial charge < -0.3 is 30.5 Å². The number of alkyl halides is 3. The lowest BCUT2D eigenvalue weighted by atomic mass is 9.95. The van der Waals surface area contributed by atoms with Crippen LogP contribution in [0.2, 0.25) is 0 Å². The van der Waals surface area contributed by atoms with E-state index in [-0.39, 0.29) is 62.8 Å². The van der Waals surface area contributed by atoms with Crippen LogP contribution in [-0.4, -0.2) is 96.2 Å². The first kappa shape index (κ1) is 40.1. The molecule has 3 aliphatic carbocycles. The van der Waals surface area contributed by atoms with Crippen molar-refractivity contribution in [3.05, 3.63) is 34.9 Å². The summed E-state index contributed by atoms with van der Waals surface area (Å²) in [5.74, 6) is -2.46. The first-order valence-corrected chi connectivity index (χ1v) is 21.6. The van der Waals surface area contributed by atoms with Gasteiger partial charge in [0, 0.05) is 25.6 Å². The molecule has 0 spiro atoms. The molecule has 3 saturated carbocycles. The molecular formula is C38H51F3N6O8S. The van der Waals surface area contributed by atoms with Crippen molar-refractivity contribution < 1.29 is 50.3 Å². The van der Waals surface area contributed by atoms with Gasteiger partial charge in [-0.15, -0.1) is 0 Å².